The summed E-state index contributed by atoms with van der Waals surface area (Å²) in [4.78, 5) is 2.49. The fourth-order valence-electron chi connectivity index (χ4n) is 2.78. The van der Waals surface area contributed by atoms with Gasteiger partial charge in [0, 0.05) is 12.5 Å². The average molecular weight is 259 g/mol. The fourth-order valence-corrected chi connectivity index (χ4v) is 2.78. The van der Waals surface area contributed by atoms with Crippen LogP contribution >= 0.6 is 0 Å². The second kappa shape index (κ2) is 5.74. The van der Waals surface area contributed by atoms with Crippen LogP contribution in [0.4, 0.5) is 0 Å². The lowest BCUT2D eigenvalue weighted by Crippen LogP contribution is -2.40. The van der Waals surface area contributed by atoms with Gasteiger partial charge < -0.3 is 5.73 Å². The highest BCUT2D eigenvalue weighted by molar-refractivity contribution is 5.77. The standard InChI is InChI=1S/C16H25N3/c1-16(2)8-10-19(11-9-16)14(12-15(17)18)13-6-4-3-5-7-13/h3-7,14H,8-12H2,1-2H3,(H3,17,18). The Bertz CT molecular complexity index is 415. The number of nitrogens with zero attached hydrogens (tertiary/aromatic N) is 1. The summed E-state index contributed by atoms with van der Waals surface area (Å²) < 4.78 is 0. The molecule has 0 amide bonds. The summed E-state index contributed by atoms with van der Waals surface area (Å²) in [7, 11) is 0. The van der Waals surface area contributed by atoms with Crippen LogP contribution in [0.2, 0.25) is 0 Å². The van der Waals surface area contributed by atoms with Crippen LogP contribution in [-0.2, 0) is 0 Å². The van der Waals surface area contributed by atoms with Gasteiger partial charge >= 0.3 is 0 Å². The Labute approximate surface area is 116 Å². The highest BCUT2D eigenvalue weighted by atomic mass is 15.2. The van der Waals surface area contributed by atoms with Crippen molar-refractivity contribution in [2.45, 2.75) is 39.2 Å². The van der Waals surface area contributed by atoms with Crippen molar-refractivity contribution in [1.82, 2.24) is 4.90 Å². The molecule has 0 spiro atoms. The maximum Gasteiger partial charge on any atom is 0.0924 e. The predicted octanol–water partition coefficient (Wildman–Crippen LogP) is 3.18. The van der Waals surface area contributed by atoms with Crippen molar-refractivity contribution < 1.29 is 0 Å². The van der Waals surface area contributed by atoms with E-state index in [4.69, 9.17) is 11.1 Å². The van der Waals surface area contributed by atoms with Gasteiger partial charge in [-0.25, -0.2) is 0 Å². The first kappa shape index (κ1) is 14.1. The van der Waals surface area contributed by atoms with E-state index >= 15 is 0 Å². The molecule has 1 aromatic carbocycles. The maximum absolute atomic E-state index is 7.62. The number of piperidine rings is 1. The third-order valence-electron chi connectivity index (χ3n) is 4.19. The highest BCUT2D eigenvalue weighted by Crippen LogP contribution is 2.34. The monoisotopic (exact) mass is 259 g/mol. The first-order chi connectivity index (χ1) is 8.98. The van der Waals surface area contributed by atoms with E-state index in [9.17, 15) is 0 Å². The van der Waals surface area contributed by atoms with Gasteiger partial charge in [-0.3, -0.25) is 10.3 Å². The molecule has 3 nitrogen and oxygen atoms in total. The van der Waals surface area contributed by atoms with Crippen molar-refractivity contribution in [1.29, 1.82) is 5.41 Å². The Morgan fingerprint density at radius 1 is 1.26 bits per heavy atom. The quantitative estimate of drug-likeness (QED) is 0.644. The van der Waals surface area contributed by atoms with Crippen molar-refractivity contribution >= 4 is 5.84 Å². The summed E-state index contributed by atoms with van der Waals surface area (Å²) >= 11 is 0. The molecule has 104 valence electrons. The smallest absolute Gasteiger partial charge is 0.0924 e. The van der Waals surface area contributed by atoms with Gasteiger partial charge in [-0.1, -0.05) is 44.2 Å². The molecule has 0 radical (unpaired) electrons. The molecule has 1 heterocycles. The predicted molar refractivity (Wildman–Crippen MR) is 80.3 cm³/mol. The van der Waals surface area contributed by atoms with E-state index in [1.165, 1.54) is 18.4 Å². The molecule has 2 rings (SSSR count). The van der Waals surface area contributed by atoms with Gasteiger partial charge in [0.25, 0.3) is 0 Å². The van der Waals surface area contributed by atoms with Crippen molar-refractivity contribution in [3.05, 3.63) is 35.9 Å². The average Bonchev–Trinajstić information content (AvgIpc) is 2.37. The van der Waals surface area contributed by atoms with E-state index in [1.54, 1.807) is 0 Å². The number of nitrogens with two attached hydrogens (primary N) is 1. The van der Waals surface area contributed by atoms with E-state index in [0.717, 1.165) is 13.1 Å². The third kappa shape index (κ3) is 3.80. The lowest BCUT2D eigenvalue weighted by atomic mass is 9.81. The lowest BCUT2D eigenvalue weighted by Gasteiger charge is -2.41. The number of rotatable bonds is 4. The van der Waals surface area contributed by atoms with Crippen LogP contribution in [0.25, 0.3) is 0 Å². The van der Waals surface area contributed by atoms with E-state index in [-0.39, 0.29) is 11.9 Å². The van der Waals surface area contributed by atoms with Crippen LogP contribution in [0.1, 0.15) is 44.7 Å². The Hall–Kier alpha value is -1.35. The molecule has 1 aromatic rings. The zero-order valence-electron chi connectivity index (χ0n) is 12.0. The van der Waals surface area contributed by atoms with Crippen molar-refractivity contribution in [3.8, 4) is 0 Å². The Morgan fingerprint density at radius 2 is 1.84 bits per heavy atom. The summed E-state index contributed by atoms with van der Waals surface area (Å²) in [6, 6.07) is 10.7. The summed E-state index contributed by atoms with van der Waals surface area (Å²) in [5, 5.41) is 7.62. The second-order valence-corrected chi connectivity index (χ2v) is 6.36. The van der Waals surface area contributed by atoms with Crippen LogP contribution < -0.4 is 5.73 Å². The van der Waals surface area contributed by atoms with Gasteiger partial charge in [-0.2, -0.15) is 0 Å². The molecule has 3 N–H and O–H groups in total. The molecular formula is C16H25N3. The Kier molecular flexibility index (Phi) is 4.25. The number of nitrogens with one attached hydrogen (secondary N) is 1. The third-order valence-corrected chi connectivity index (χ3v) is 4.19. The minimum Gasteiger partial charge on any atom is -0.388 e. The second-order valence-electron chi connectivity index (χ2n) is 6.36. The lowest BCUT2D eigenvalue weighted by molar-refractivity contribution is 0.0958. The molecule has 1 saturated heterocycles. The largest absolute Gasteiger partial charge is 0.388 e. The number of benzene rings is 1. The molecule has 0 bridgehead atoms. The Morgan fingerprint density at radius 3 is 2.37 bits per heavy atom. The van der Waals surface area contributed by atoms with Gasteiger partial charge in [0.1, 0.15) is 0 Å². The molecule has 3 heteroatoms. The first-order valence-electron chi connectivity index (χ1n) is 7.10. The molecule has 1 aliphatic heterocycles. The molecule has 1 atom stereocenters. The van der Waals surface area contributed by atoms with E-state index < -0.39 is 0 Å². The van der Waals surface area contributed by atoms with Crippen LogP contribution in [-0.4, -0.2) is 23.8 Å². The molecular weight excluding hydrogens is 234 g/mol. The topological polar surface area (TPSA) is 53.1 Å². The maximum atomic E-state index is 7.62. The molecule has 0 aromatic heterocycles. The zero-order valence-corrected chi connectivity index (χ0v) is 12.0. The minimum atomic E-state index is 0.259. The van der Waals surface area contributed by atoms with Crippen LogP contribution in [0.5, 0.6) is 0 Å². The number of hydrogen-bond acceptors (Lipinski definition) is 2. The van der Waals surface area contributed by atoms with Gasteiger partial charge in [0.2, 0.25) is 0 Å². The van der Waals surface area contributed by atoms with Gasteiger partial charge in [-0.05, 0) is 36.9 Å². The molecule has 0 saturated carbocycles. The molecule has 0 aliphatic carbocycles. The van der Waals surface area contributed by atoms with Crippen LogP contribution in [0, 0.1) is 10.8 Å². The highest BCUT2D eigenvalue weighted by Gasteiger charge is 2.30. The van der Waals surface area contributed by atoms with Crippen LogP contribution in [0.15, 0.2) is 30.3 Å². The molecule has 1 fully saturated rings. The summed E-state index contributed by atoms with van der Waals surface area (Å²) in [6.45, 7) is 6.87. The van der Waals surface area contributed by atoms with E-state index in [2.05, 4.69) is 43.0 Å². The summed E-state index contributed by atoms with van der Waals surface area (Å²) in [6.07, 6.45) is 3.06. The van der Waals surface area contributed by atoms with Crippen molar-refractivity contribution in [3.63, 3.8) is 0 Å². The first-order valence-corrected chi connectivity index (χ1v) is 7.10. The molecule has 1 unspecified atom stereocenters. The summed E-state index contributed by atoms with van der Waals surface area (Å²) in [5.41, 5.74) is 7.37. The van der Waals surface area contributed by atoms with Crippen LogP contribution in [0.3, 0.4) is 0 Å². The normalized spacial score (nSPS) is 20.9. The zero-order chi connectivity index (χ0) is 13.9. The number of likely N-dealkylation sites (tertiary alicyclic amines) is 1. The van der Waals surface area contributed by atoms with E-state index in [0.29, 0.717) is 11.8 Å². The molecule has 1 aliphatic rings. The summed E-state index contributed by atoms with van der Waals surface area (Å²) in [5.74, 6) is 0.277. The SMILES string of the molecule is CC1(C)CCN(C(CC(=N)N)c2ccccc2)CC1. The van der Waals surface area contributed by atoms with E-state index in [1.807, 2.05) is 6.07 Å². The number of amidine groups is 1. The van der Waals surface area contributed by atoms with Crippen molar-refractivity contribution in [2.24, 2.45) is 11.1 Å². The minimum absolute atomic E-state index is 0.259. The number of hydrogen-bond donors (Lipinski definition) is 2. The fraction of sp³-hybridized carbons (Fsp3) is 0.562. The van der Waals surface area contributed by atoms with Gasteiger partial charge in [0.05, 0.1) is 5.84 Å². The van der Waals surface area contributed by atoms with Gasteiger partial charge in [0.15, 0.2) is 0 Å². The Balaban J connectivity index is 2.13. The van der Waals surface area contributed by atoms with Gasteiger partial charge in [-0.15, -0.1) is 0 Å². The van der Waals surface area contributed by atoms with Crippen molar-refractivity contribution in [2.75, 3.05) is 13.1 Å². The molecule has 19 heavy (non-hydrogen) atoms.